The van der Waals surface area contributed by atoms with Crippen LogP contribution in [0.5, 0.6) is 5.75 Å². The molecule has 0 aliphatic carbocycles. The number of phenolic OH excluding ortho intramolecular Hbond substituents is 1. The first-order chi connectivity index (χ1) is 18.7. The number of nitrogens with zero attached hydrogens (tertiary/aromatic N) is 1. The number of rotatable bonds is 17. The van der Waals surface area contributed by atoms with Crippen molar-refractivity contribution in [1.82, 2.24) is 16.0 Å². The van der Waals surface area contributed by atoms with E-state index in [1.165, 1.54) is 12.1 Å². The zero-order valence-corrected chi connectivity index (χ0v) is 22.6. The molecule has 5 unspecified atom stereocenters. The van der Waals surface area contributed by atoms with E-state index in [0.717, 1.165) is 0 Å². The molecule has 0 spiro atoms. The average Bonchev–Trinajstić information content (AvgIpc) is 2.88. The zero-order chi connectivity index (χ0) is 30.4. The Labute approximate surface area is 232 Å². The number of carboxylic acid groups (broad SMARTS) is 1. The van der Waals surface area contributed by atoms with Crippen molar-refractivity contribution in [3.05, 3.63) is 29.8 Å². The fraction of sp³-hybridized carbons (Fsp3) is 0.520. The van der Waals surface area contributed by atoms with E-state index in [1.54, 1.807) is 26.0 Å². The molecule has 0 aliphatic rings. The Bertz CT molecular complexity index is 1060. The normalized spacial score (nSPS) is 14.5. The van der Waals surface area contributed by atoms with Crippen molar-refractivity contribution in [1.29, 1.82) is 0 Å². The van der Waals surface area contributed by atoms with Crippen LogP contribution in [0.1, 0.15) is 45.1 Å². The Kier molecular flexibility index (Phi) is 13.9. The standard InChI is InChI=1S/C25H40N8O7/c1-3-13(2)20(33-21(36)16(26)11-14-6-8-15(34)9-7-14)23(38)32-18(12-19(27)35)22(37)31-17(24(39)40)5-4-10-30-25(28)29/h6-9,13,16-18,20,34H,3-5,10-12,26H2,1-2H3,(H2,27,35)(H,31,37)(H,32,38)(H,33,36)(H,39,40)(H4,28,29,30). The number of nitrogens with two attached hydrogens (primary N) is 4. The van der Waals surface area contributed by atoms with Crippen LogP contribution in [0.2, 0.25) is 0 Å². The Morgan fingerprint density at radius 2 is 1.52 bits per heavy atom. The molecule has 1 aromatic carbocycles. The van der Waals surface area contributed by atoms with Crippen LogP contribution in [0.3, 0.4) is 0 Å². The van der Waals surface area contributed by atoms with E-state index in [0.29, 0.717) is 12.0 Å². The molecule has 0 saturated heterocycles. The van der Waals surface area contributed by atoms with Crippen molar-refractivity contribution in [3.63, 3.8) is 0 Å². The van der Waals surface area contributed by atoms with Crippen LogP contribution in [0.15, 0.2) is 29.3 Å². The first-order valence-corrected chi connectivity index (χ1v) is 12.8. The third-order valence-electron chi connectivity index (χ3n) is 6.12. The summed E-state index contributed by atoms with van der Waals surface area (Å²) in [7, 11) is 0. The Morgan fingerprint density at radius 1 is 0.925 bits per heavy atom. The predicted molar refractivity (Wildman–Crippen MR) is 146 cm³/mol. The topological polar surface area (TPSA) is 278 Å². The number of nitrogens with one attached hydrogen (secondary N) is 3. The second-order valence-electron chi connectivity index (χ2n) is 9.43. The van der Waals surface area contributed by atoms with Gasteiger partial charge in [-0.25, -0.2) is 4.79 Å². The Hall–Kier alpha value is -4.40. The average molecular weight is 565 g/mol. The van der Waals surface area contributed by atoms with Crippen molar-refractivity contribution >= 4 is 35.6 Å². The van der Waals surface area contributed by atoms with Crippen LogP contribution in [0.4, 0.5) is 0 Å². The lowest BCUT2D eigenvalue weighted by Gasteiger charge is -2.27. The number of hydrogen-bond acceptors (Lipinski definition) is 8. The van der Waals surface area contributed by atoms with Gasteiger partial charge in [0.25, 0.3) is 0 Å². The van der Waals surface area contributed by atoms with Gasteiger partial charge in [0, 0.05) is 6.54 Å². The summed E-state index contributed by atoms with van der Waals surface area (Å²) in [6, 6.07) is 1.14. The van der Waals surface area contributed by atoms with Crippen molar-refractivity contribution in [2.45, 2.75) is 70.1 Å². The van der Waals surface area contributed by atoms with E-state index in [4.69, 9.17) is 22.9 Å². The number of carbonyl (C=O) groups excluding carboxylic acids is 4. The number of aliphatic imine (C=N–C) groups is 1. The van der Waals surface area contributed by atoms with Gasteiger partial charge in [-0.1, -0.05) is 32.4 Å². The molecular formula is C25H40N8O7. The largest absolute Gasteiger partial charge is 0.508 e. The zero-order valence-electron chi connectivity index (χ0n) is 22.6. The summed E-state index contributed by atoms with van der Waals surface area (Å²) in [6.07, 6.45) is 0.191. The van der Waals surface area contributed by atoms with Gasteiger partial charge in [-0.15, -0.1) is 0 Å². The first kappa shape index (κ1) is 33.6. The fourth-order valence-corrected chi connectivity index (χ4v) is 3.65. The van der Waals surface area contributed by atoms with Crippen molar-refractivity contribution in [2.75, 3.05) is 6.54 Å². The molecule has 4 amide bonds. The molecule has 40 heavy (non-hydrogen) atoms. The van der Waals surface area contributed by atoms with E-state index >= 15 is 0 Å². The molecule has 1 rings (SSSR count). The molecule has 1 aromatic rings. The van der Waals surface area contributed by atoms with Gasteiger partial charge in [0.15, 0.2) is 5.96 Å². The summed E-state index contributed by atoms with van der Waals surface area (Å²) in [5, 5.41) is 26.2. The first-order valence-electron chi connectivity index (χ1n) is 12.8. The third kappa shape index (κ3) is 12.0. The minimum Gasteiger partial charge on any atom is -0.508 e. The minimum absolute atomic E-state index is 0.0282. The number of aliphatic carboxylic acids is 1. The van der Waals surface area contributed by atoms with Crippen molar-refractivity contribution in [3.8, 4) is 5.75 Å². The minimum atomic E-state index is -1.50. The van der Waals surface area contributed by atoms with Crippen molar-refractivity contribution < 1.29 is 34.2 Å². The molecule has 15 heteroatoms. The van der Waals surface area contributed by atoms with E-state index < -0.39 is 66.1 Å². The molecule has 0 fully saturated rings. The molecule has 222 valence electrons. The number of guanidine groups is 1. The van der Waals surface area contributed by atoms with Gasteiger partial charge in [-0.05, 0) is 42.9 Å². The smallest absolute Gasteiger partial charge is 0.326 e. The van der Waals surface area contributed by atoms with Gasteiger partial charge >= 0.3 is 5.97 Å². The van der Waals surface area contributed by atoms with Crippen LogP contribution in [0.25, 0.3) is 0 Å². The molecule has 0 heterocycles. The van der Waals surface area contributed by atoms with E-state index in [9.17, 15) is 34.2 Å². The highest BCUT2D eigenvalue weighted by molar-refractivity contribution is 5.96. The fourth-order valence-electron chi connectivity index (χ4n) is 3.65. The number of carboxylic acids is 1. The van der Waals surface area contributed by atoms with Crippen LogP contribution < -0.4 is 38.9 Å². The van der Waals surface area contributed by atoms with Gasteiger partial charge < -0.3 is 49.1 Å². The van der Waals surface area contributed by atoms with E-state index in [-0.39, 0.29) is 37.5 Å². The SMILES string of the molecule is CCC(C)C(NC(=O)C(N)Cc1ccc(O)cc1)C(=O)NC(CC(N)=O)C(=O)NC(CCCN=C(N)N)C(=O)O. The van der Waals surface area contributed by atoms with Gasteiger partial charge in [-0.3, -0.25) is 24.2 Å². The predicted octanol–water partition coefficient (Wildman–Crippen LogP) is -2.22. The summed E-state index contributed by atoms with van der Waals surface area (Å²) in [4.78, 5) is 66.0. The van der Waals surface area contributed by atoms with Gasteiger partial charge in [0.2, 0.25) is 23.6 Å². The second-order valence-corrected chi connectivity index (χ2v) is 9.43. The van der Waals surface area contributed by atoms with Crippen LogP contribution in [-0.4, -0.2) is 76.5 Å². The van der Waals surface area contributed by atoms with Gasteiger partial charge in [0.05, 0.1) is 12.5 Å². The maximum atomic E-state index is 13.2. The summed E-state index contributed by atoms with van der Waals surface area (Å²) in [5.41, 5.74) is 22.5. The number of phenols is 1. The van der Waals surface area contributed by atoms with E-state index in [1.807, 2.05) is 0 Å². The van der Waals surface area contributed by atoms with Gasteiger partial charge in [0.1, 0.15) is 23.9 Å². The molecule has 5 atom stereocenters. The number of aromatic hydroxyl groups is 1. The summed E-state index contributed by atoms with van der Waals surface area (Å²) < 4.78 is 0. The number of carbonyl (C=O) groups is 5. The Balaban J connectivity index is 2.97. The lowest BCUT2D eigenvalue weighted by atomic mass is 9.96. The molecule has 13 N–H and O–H groups in total. The maximum absolute atomic E-state index is 13.2. The molecule has 0 bridgehead atoms. The van der Waals surface area contributed by atoms with Crippen LogP contribution >= 0.6 is 0 Å². The number of benzene rings is 1. The highest BCUT2D eigenvalue weighted by Gasteiger charge is 2.33. The van der Waals surface area contributed by atoms with E-state index in [2.05, 4.69) is 20.9 Å². The highest BCUT2D eigenvalue weighted by atomic mass is 16.4. The van der Waals surface area contributed by atoms with Crippen LogP contribution in [-0.2, 0) is 30.4 Å². The molecule has 0 saturated carbocycles. The molecule has 15 nitrogen and oxygen atoms in total. The molecule has 0 aliphatic heterocycles. The summed E-state index contributed by atoms with van der Waals surface area (Å²) in [6.45, 7) is 3.63. The summed E-state index contributed by atoms with van der Waals surface area (Å²) >= 11 is 0. The highest BCUT2D eigenvalue weighted by Crippen LogP contribution is 2.13. The lowest BCUT2D eigenvalue weighted by molar-refractivity contribution is -0.142. The second kappa shape index (κ2) is 16.5. The number of amides is 4. The Morgan fingerprint density at radius 3 is 2.05 bits per heavy atom. The number of primary amides is 1. The lowest BCUT2D eigenvalue weighted by Crippen LogP contribution is -2.59. The quantitative estimate of drug-likeness (QED) is 0.0558. The summed E-state index contributed by atoms with van der Waals surface area (Å²) in [5.74, 6) is -5.11. The maximum Gasteiger partial charge on any atom is 0.326 e. The monoisotopic (exact) mass is 564 g/mol. The molecular weight excluding hydrogens is 524 g/mol. The van der Waals surface area contributed by atoms with Crippen molar-refractivity contribution in [2.24, 2.45) is 33.8 Å². The molecule has 0 aromatic heterocycles. The van der Waals surface area contributed by atoms with Crippen LogP contribution in [0, 0.1) is 5.92 Å². The third-order valence-corrected chi connectivity index (χ3v) is 6.12. The number of hydrogen-bond donors (Lipinski definition) is 9. The molecule has 0 radical (unpaired) electrons. The van der Waals surface area contributed by atoms with Gasteiger partial charge in [-0.2, -0.15) is 0 Å².